The molecule has 0 atom stereocenters. The fraction of sp³-hybridized carbons (Fsp3) is 0.176. The number of nitrogens with zero attached hydrogens (tertiary/aromatic N) is 2. The molecular weight excluding hydrogens is 296 g/mol. The number of rotatable bonds is 7. The summed E-state index contributed by atoms with van der Waals surface area (Å²) in [7, 11) is 0. The summed E-state index contributed by atoms with van der Waals surface area (Å²) < 4.78 is 11.3. The topological polar surface area (TPSA) is 48.2 Å². The molecule has 112 valence electrons. The van der Waals surface area contributed by atoms with E-state index in [-0.39, 0.29) is 0 Å². The zero-order valence-corrected chi connectivity index (χ0v) is 12.8. The fourth-order valence-electron chi connectivity index (χ4n) is 1.90. The average molecular weight is 312 g/mol. The van der Waals surface area contributed by atoms with E-state index in [9.17, 15) is 0 Å². The highest BCUT2D eigenvalue weighted by atomic mass is 32.2. The Morgan fingerprint density at radius 2 is 1.64 bits per heavy atom. The van der Waals surface area contributed by atoms with Gasteiger partial charge < -0.3 is 9.15 Å². The van der Waals surface area contributed by atoms with Crippen molar-refractivity contribution in [3.8, 4) is 17.2 Å². The molecule has 0 aliphatic carbocycles. The van der Waals surface area contributed by atoms with E-state index in [2.05, 4.69) is 10.2 Å². The molecule has 0 saturated heterocycles. The monoisotopic (exact) mass is 312 g/mol. The second-order valence-electron chi connectivity index (χ2n) is 4.58. The predicted octanol–water partition coefficient (Wildman–Crippen LogP) is 4.05. The van der Waals surface area contributed by atoms with Crippen molar-refractivity contribution < 1.29 is 9.15 Å². The molecule has 0 aliphatic rings. The van der Waals surface area contributed by atoms with Gasteiger partial charge >= 0.3 is 0 Å². The highest BCUT2D eigenvalue weighted by Crippen LogP contribution is 2.19. The lowest BCUT2D eigenvalue weighted by Gasteiger charge is -2.04. The summed E-state index contributed by atoms with van der Waals surface area (Å²) in [4.78, 5) is 0. The van der Waals surface area contributed by atoms with Crippen LogP contribution < -0.4 is 4.74 Å². The van der Waals surface area contributed by atoms with Crippen molar-refractivity contribution in [3.63, 3.8) is 0 Å². The summed E-state index contributed by atoms with van der Waals surface area (Å²) >= 11 is 1.71. The number of benzene rings is 2. The SMILES string of the molecule is c1ccc(OCCSCc2nnc(-c3ccccc3)o2)cc1. The molecule has 1 aromatic heterocycles. The molecule has 5 heteroatoms. The maximum Gasteiger partial charge on any atom is 0.247 e. The van der Waals surface area contributed by atoms with Crippen LogP contribution in [0.15, 0.2) is 65.1 Å². The first-order valence-electron chi connectivity index (χ1n) is 7.05. The molecule has 0 amide bonds. The summed E-state index contributed by atoms with van der Waals surface area (Å²) in [5, 5.41) is 8.14. The Morgan fingerprint density at radius 1 is 0.909 bits per heavy atom. The van der Waals surface area contributed by atoms with Gasteiger partial charge in [-0.1, -0.05) is 36.4 Å². The smallest absolute Gasteiger partial charge is 0.247 e. The van der Waals surface area contributed by atoms with Gasteiger partial charge in [-0.25, -0.2) is 0 Å². The molecule has 1 heterocycles. The number of hydrogen-bond acceptors (Lipinski definition) is 5. The Labute approximate surface area is 133 Å². The quantitative estimate of drug-likeness (QED) is 0.616. The van der Waals surface area contributed by atoms with Crippen LogP contribution in [0.5, 0.6) is 5.75 Å². The Morgan fingerprint density at radius 3 is 2.41 bits per heavy atom. The number of aromatic nitrogens is 2. The van der Waals surface area contributed by atoms with Gasteiger partial charge in [-0.15, -0.1) is 22.0 Å². The minimum atomic E-state index is 0.566. The molecule has 0 radical (unpaired) electrons. The minimum absolute atomic E-state index is 0.566. The lowest BCUT2D eigenvalue weighted by molar-refractivity contribution is 0.344. The number of hydrogen-bond donors (Lipinski definition) is 0. The van der Waals surface area contributed by atoms with Crippen molar-refractivity contribution in [2.24, 2.45) is 0 Å². The molecule has 0 aliphatic heterocycles. The van der Waals surface area contributed by atoms with Crippen LogP contribution in [-0.2, 0) is 5.75 Å². The maximum absolute atomic E-state index is 5.65. The van der Waals surface area contributed by atoms with E-state index in [1.54, 1.807) is 11.8 Å². The Balaban J connectivity index is 1.42. The predicted molar refractivity (Wildman–Crippen MR) is 87.8 cm³/mol. The van der Waals surface area contributed by atoms with Gasteiger partial charge in [-0.05, 0) is 24.3 Å². The first-order valence-corrected chi connectivity index (χ1v) is 8.21. The molecule has 4 nitrogen and oxygen atoms in total. The van der Waals surface area contributed by atoms with E-state index in [4.69, 9.17) is 9.15 Å². The summed E-state index contributed by atoms with van der Waals surface area (Å²) in [6, 6.07) is 19.6. The highest BCUT2D eigenvalue weighted by Gasteiger charge is 2.07. The average Bonchev–Trinajstić information content (AvgIpc) is 3.05. The van der Waals surface area contributed by atoms with E-state index >= 15 is 0 Å². The van der Waals surface area contributed by atoms with Crippen LogP contribution in [0, 0.1) is 0 Å². The molecule has 0 bridgehead atoms. The zero-order chi connectivity index (χ0) is 15.0. The van der Waals surface area contributed by atoms with Crippen LogP contribution in [0.1, 0.15) is 5.89 Å². The van der Waals surface area contributed by atoms with Crippen LogP contribution in [-0.4, -0.2) is 22.6 Å². The summed E-state index contributed by atoms with van der Waals surface area (Å²) in [6.07, 6.45) is 0. The van der Waals surface area contributed by atoms with Gasteiger partial charge in [-0.3, -0.25) is 0 Å². The molecule has 2 aromatic carbocycles. The highest BCUT2D eigenvalue weighted by molar-refractivity contribution is 7.98. The van der Waals surface area contributed by atoms with Crippen LogP contribution in [0.3, 0.4) is 0 Å². The van der Waals surface area contributed by atoms with Crippen LogP contribution in [0.25, 0.3) is 11.5 Å². The largest absolute Gasteiger partial charge is 0.493 e. The molecule has 0 N–H and O–H groups in total. The van der Waals surface area contributed by atoms with E-state index in [1.165, 1.54) is 0 Å². The summed E-state index contributed by atoms with van der Waals surface area (Å²) in [5.74, 6) is 3.67. The molecule has 0 saturated carbocycles. The van der Waals surface area contributed by atoms with Crippen LogP contribution in [0.2, 0.25) is 0 Å². The normalized spacial score (nSPS) is 10.5. The van der Waals surface area contributed by atoms with Crippen molar-refractivity contribution in [3.05, 3.63) is 66.6 Å². The van der Waals surface area contributed by atoms with Gasteiger partial charge in [0.1, 0.15) is 5.75 Å². The van der Waals surface area contributed by atoms with Crippen LogP contribution in [0.4, 0.5) is 0 Å². The van der Waals surface area contributed by atoms with Gasteiger partial charge in [-0.2, -0.15) is 0 Å². The van der Waals surface area contributed by atoms with Gasteiger partial charge in [0.05, 0.1) is 12.4 Å². The number of ether oxygens (including phenoxy) is 1. The number of para-hydroxylation sites is 1. The van der Waals surface area contributed by atoms with Gasteiger partial charge in [0.2, 0.25) is 11.8 Å². The van der Waals surface area contributed by atoms with Gasteiger partial charge in [0.15, 0.2) is 0 Å². The van der Waals surface area contributed by atoms with E-state index in [0.29, 0.717) is 24.1 Å². The Kier molecular flexibility index (Phi) is 5.10. The number of thioether (sulfide) groups is 1. The first-order chi connectivity index (χ1) is 10.9. The van der Waals surface area contributed by atoms with E-state index in [1.807, 2.05) is 60.7 Å². The summed E-state index contributed by atoms with van der Waals surface area (Å²) in [6.45, 7) is 0.661. The third-order valence-electron chi connectivity index (χ3n) is 2.95. The molecule has 0 unspecified atom stereocenters. The standard InChI is InChI=1S/C17H16N2O2S/c1-3-7-14(8-4-1)17-19-18-16(21-17)13-22-12-11-20-15-9-5-2-6-10-15/h1-10H,11-13H2. The van der Waals surface area contributed by atoms with E-state index < -0.39 is 0 Å². The third-order valence-corrected chi connectivity index (χ3v) is 3.86. The van der Waals surface area contributed by atoms with Gasteiger partial charge in [0, 0.05) is 11.3 Å². The molecule has 3 rings (SSSR count). The molecular formula is C17H16N2O2S. The Hall–Kier alpha value is -2.27. The fourth-order valence-corrected chi connectivity index (χ4v) is 2.54. The minimum Gasteiger partial charge on any atom is -0.493 e. The van der Waals surface area contributed by atoms with Crippen molar-refractivity contribution >= 4 is 11.8 Å². The molecule has 0 fully saturated rings. The van der Waals surface area contributed by atoms with Crippen molar-refractivity contribution in [1.29, 1.82) is 0 Å². The summed E-state index contributed by atoms with van der Waals surface area (Å²) in [5.41, 5.74) is 0.943. The Bertz CT molecular complexity index is 686. The van der Waals surface area contributed by atoms with Crippen LogP contribution >= 0.6 is 11.8 Å². The van der Waals surface area contributed by atoms with Gasteiger partial charge in [0.25, 0.3) is 0 Å². The maximum atomic E-state index is 5.65. The molecule has 3 aromatic rings. The molecule has 0 spiro atoms. The lowest BCUT2D eigenvalue weighted by Crippen LogP contribution is -2.00. The van der Waals surface area contributed by atoms with Crippen molar-refractivity contribution in [2.45, 2.75) is 5.75 Å². The third kappa shape index (κ3) is 4.11. The first kappa shape index (κ1) is 14.7. The second-order valence-corrected chi connectivity index (χ2v) is 5.69. The zero-order valence-electron chi connectivity index (χ0n) is 12.0. The second kappa shape index (κ2) is 7.66. The van der Waals surface area contributed by atoms with Crippen molar-refractivity contribution in [2.75, 3.05) is 12.4 Å². The van der Waals surface area contributed by atoms with E-state index in [0.717, 1.165) is 17.1 Å². The molecule has 22 heavy (non-hydrogen) atoms. The van der Waals surface area contributed by atoms with Crippen molar-refractivity contribution in [1.82, 2.24) is 10.2 Å². The lowest BCUT2D eigenvalue weighted by atomic mass is 10.2.